The molecule has 0 amide bonds. The van der Waals surface area contributed by atoms with Crippen LogP contribution in [-0.2, 0) is 13.5 Å². The molecule has 2 aromatic rings. The molecule has 3 heteroatoms. The summed E-state index contributed by atoms with van der Waals surface area (Å²) < 4.78 is 1.79. The van der Waals surface area contributed by atoms with Crippen LogP contribution in [0.1, 0.15) is 12.0 Å². The number of nitrogens with zero attached hydrogens (tertiary/aromatic N) is 2. The molecule has 0 atom stereocenters. The van der Waals surface area contributed by atoms with E-state index in [4.69, 9.17) is 5.11 Å². The first kappa shape index (κ1) is 10.9. The SMILES string of the molecule is Cn1cc(-c2c[c]cc(CCCO)c2)cn1. The van der Waals surface area contributed by atoms with Gasteiger partial charge >= 0.3 is 0 Å². The third kappa shape index (κ3) is 2.49. The Morgan fingerprint density at radius 3 is 2.94 bits per heavy atom. The molecule has 0 saturated heterocycles. The maximum atomic E-state index is 8.79. The molecule has 0 aliphatic rings. The summed E-state index contributed by atoms with van der Waals surface area (Å²) in [7, 11) is 1.91. The molecule has 0 saturated carbocycles. The van der Waals surface area contributed by atoms with Gasteiger partial charge in [0.1, 0.15) is 0 Å². The van der Waals surface area contributed by atoms with E-state index in [1.807, 2.05) is 31.6 Å². The van der Waals surface area contributed by atoms with Gasteiger partial charge in [-0.2, -0.15) is 5.10 Å². The van der Waals surface area contributed by atoms with E-state index in [1.165, 1.54) is 5.56 Å². The monoisotopic (exact) mass is 215 g/mol. The molecule has 83 valence electrons. The van der Waals surface area contributed by atoms with Crippen LogP contribution < -0.4 is 0 Å². The topological polar surface area (TPSA) is 38.0 Å². The molecule has 0 spiro atoms. The summed E-state index contributed by atoms with van der Waals surface area (Å²) in [5.41, 5.74) is 3.43. The molecular formula is C13H15N2O. The lowest BCUT2D eigenvalue weighted by Crippen LogP contribution is -1.89. The van der Waals surface area contributed by atoms with Gasteiger partial charge in [-0.25, -0.2) is 0 Å². The summed E-state index contributed by atoms with van der Waals surface area (Å²) in [5.74, 6) is 0. The summed E-state index contributed by atoms with van der Waals surface area (Å²) in [6, 6.07) is 9.18. The summed E-state index contributed by atoms with van der Waals surface area (Å²) in [6.45, 7) is 0.233. The number of aryl methyl sites for hydroxylation is 2. The lowest BCUT2D eigenvalue weighted by Gasteiger charge is -2.02. The van der Waals surface area contributed by atoms with Crippen molar-refractivity contribution in [3.05, 3.63) is 42.2 Å². The molecule has 1 radical (unpaired) electrons. The van der Waals surface area contributed by atoms with Crippen LogP contribution in [0.4, 0.5) is 0 Å². The van der Waals surface area contributed by atoms with Crippen LogP contribution >= 0.6 is 0 Å². The average Bonchev–Trinajstić information content (AvgIpc) is 2.74. The van der Waals surface area contributed by atoms with E-state index in [9.17, 15) is 0 Å². The zero-order valence-corrected chi connectivity index (χ0v) is 9.35. The Morgan fingerprint density at radius 1 is 1.38 bits per heavy atom. The highest BCUT2D eigenvalue weighted by Gasteiger charge is 2.01. The minimum absolute atomic E-state index is 0.233. The van der Waals surface area contributed by atoms with Crippen molar-refractivity contribution < 1.29 is 5.11 Å². The molecule has 1 aromatic heterocycles. The number of rotatable bonds is 4. The number of hydrogen-bond donors (Lipinski definition) is 1. The van der Waals surface area contributed by atoms with Crippen molar-refractivity contribution in [3.63, 3.8) is 0 Å². The Hall–Kier alpha value is -1.61. The molecule has 3 nitrogen and oxygen atoms in total. The maximum absolute atomic E-state index is 8.79. The van der Waals surface area contributed by atoms with Crippen LogP contribution in [0, 0.1) is 6.07 Å². The second kappa shape index (κ2) is 4.94. The van der Waals surface area contributed by atoms with Crippen molar-refractivity contribution in [3.8, 4) is 11.1 Å². The largest absolute Gasteiger partial charge is 0.396 e. The second-order valence-electron chi connectivity index (χ2n) is 3.86. The van der Waals surface area contributed by atoms with E-state index < -0.39 is 0 Å². The molecule has 0 aliphatic carbocycles. The zero-order chi connectivity index (χ0) is 11.4. The van der Waals surface area contributed by atoms with Gasteiger partial charge in [0.25, 0.3) is 0 Å². The lowest BCUT2D eigenvalue weighted by atomic mass is 10.0. The number of benzene rings is 1. The van der Waals surface area contributed by atoms with E-state index >= 15 is 0 Å². The van der Waals surface area contributed by atoms with Crippen LogP contribution in [0.2, 0.25) is 0 Å². The first-order chi connectivity index (χ1) is 7.79. The van der Waals surface area contributed by atoms with E-state index in [0.717, 1.165) is 24.0 Å². The Balaban J connectivity index is 2.22. The Bertz CT molecular complexity index is 462. The predicted molar refractivity (Wildman–Crippen MR) is 62.9 cm³/mol. The highest BCUT2D eigenvalue weighted by molar-refractivity contribution is 5.62. The number of aliphatic hydroxyl groups excluding tert-OH is 1. The average molecular weight is 215 g/mol. The van der Waals surface area contributed by atoms with E-state index in [0.29, 0.717) is 0 Å². The number of aromatic nitrogens is 2. The quantitative estimate of drug-likeness (QED) is 0.844. The summed E-state index contributed by atoms with van der Waals surface area (Å²) in [5, 5.41) is 12.9. The molecule has 0 unspecified atom stereocenters. The van der Waals surface area contributed by atoms with Gasteiger partial charge in [-0.15, -0.1) is 0 Å². The highest BCUT2D eigenvalue weighted by Crippen LogP contribution is 2.19. The molecule has 0 fully saturated rings. The number of aliphatic hydroxyl groups is 1. The van der Waals surface area contributed by atoms with Crippen LogP contribution in [0.5, 0.6) is 0 Å². The van der Waals surface area contributed by atoms with Crippen LogP contribution in [-0.4, -0.2) is 21.5 Å². The van der Waals surface area contributed by atoms with Crippen LogP contribution in [0.3, 0.4) is 0 Å². The maximum Gasteiger partial charge on any atom is 0.0568 e. The molecular weight excluding hydrogens is 200 g/mol. The molecule has 0 aliphatic heterocycles. The Morgan fingerprint density at radius 2 is 2.25 bits per heavy atom. The molecule has 0 bridgehead atoms. The summed E-state index contributed by atoms with van der Waals surface area (Å²) >= 11 is 0. The lowest BCUT2D eigenvalue weighted by molar-refractivity contribution is 0.288. The van der Waals surface area contributed by atoms with E-state index in [-0.39, 0.29) is 6.61 Å². The van der Waals surface area contributed by atoms with Gasteiger partial charge in [-0.1, -0.05) is 12.1 Å². The first-order valence-electron chi connectivity index (χ1n) is 5.39. The summed E-state index contributed by atoms with van der Waals surface area (Å²) in [4.78, 5) is 0. The van der Waals surface area contributed by atoms with Gasteiger partial charge in [0.05, 0.1) is 6.20 Å². The van der Waals surface area contributed by atoms with E-state index in [1.54, 1.807) is 4.68 Å². The minimum atomic E-state index is 0.233. The van der Waals surface area contributed by atoms with Crippen molar-refractivity contribution in [2.75, 3.05) is 6.61 Å². The van der Waals surface area contributed by atoms with Gasteiger partial charge in [-0.3, -0.25) is 4.68 Å². The molecule has 1 heterocycles. The zero-order valence-electron chi connectivity index (χ0n) is 9.35. The van der Waals surface area contributed by atoms with Crippen molar-refractivity contribution >= 4 is 0 Å². The minimum Gasteiger partial charge on any atom is -0.396 e. The summed E-state index contributed by atoms with van der Waals surface area (Å²) in [6.07, 6.45) is 5.52. The normalized spacial score (nSPS) is 10.6. The molecule has 2 rings (SSSR count). The van der Waals surface area contributed by atoms with Crippen LogP contribution in [0.25, 0.3) is 11.1 Å². The third-order valence-electron chi connectivity index (χ3n) is 2.51. The standard InChI is InChI=1S/C13H15N2O/c1-15-10-13(9-14-15)12-6-2-4-11(8-12)5-3-7-16/h4,6,8-10,16H,3,5,7H2,1H3. The van der Waals surface area contributed by atoms with Crippen molar-refractivity contribution in [2.24, 2.45) is 7.05 Å². The van der Waals surface area contributed by atoms with Crippen molar-refractivity contribution in [2.45, 2.75) is 12.8 Å². The number of hydrogen-bond acceptors (Lipinski definition) is 2. The first-order valence-corrected chi connectivity index (χ1v) is 5.39. The fourth-order valence-electron chi connectivity index (χ4n) is 1.69. The fraction of sp³-hybridized carbons (Fsp3) is 0.308. The second-order valence-corrected chi connectivity index (χ2v) is 3.86. The van der Waals surface area contributed by atoms with Gasteiger partial charge in [0, 0.05) is 25.4 Å². The fourth-order valence-corrected chi connectivity index (χ4v) is 1.69. The van der Waals surface area contributed by atoms with E-state index in [2.05, 4.69) is 17.2 Å². The third-order valence-corrected chi connectivity index (χ3v) is 2.51. The van der Waals surface area contributed by atoms with Gasteiger partial charge < -0.3 is 5.11 Å². The predicted octanol–water partition coefficient (Wildman–Crippen LogP) is 1.81. The van der Waals surface area contributed by atoms with Crippen molar-refractivity contribution in [1.29, 1.82) is 0 Å². The van der Waals surface area contributed by atoms with Crippen molar-refractivity contribution in [1.82, 2.24) is 9.78 Å². The highest BCUT2D eigenvalue weighted by atomic mass is 16.2. The molecule has 16 heavy (non-hydrogen) atoms. The Kier molecular flexibility index (Phi) is 3.37. The van der Waals surface area contributed by atoms with Gasteiger partial charge in [-0.05, 0) is 36.1 Å². The smallest absolute Gasteiger partial charge is 0.0568 e. The van der Waals surface area contributed by atoms with Gasteiger partial charge in [0.15, 0.2) is 0 Å². The Labute approximate surface area is 95.3 Å². The molecule has 1 N–H and O–H groups in total. The van der Waals surface area contributed by atoms with Crippen LogP contribution in [0.15, 0.2) is 30.6 Å². The van der Waals surface area contributed by atoms with Gasteiger partial charge in [0.2, 0.25) is 0 Å². The molecule has 1 aromatic carbocycles.